The third kappa shape index (κ3) is 12.7. The first-order valence-electron chi connectivity index (χ1n) is 6.60. The zero-order chi connectivity index (χ0) is 12.9. The van der Waals surface area contributed by atoms with Crippen LogP contribution in [0.2, 0.25) is 0 Å². The van der Waals surface area contributed by atoms with Crippen molar-refractivity contribution in [1.82, 2.24) is 10.6 Å². The highest BCUT2D eigenvalue weighted by Crippen LogP contribution is 2.07. The SMILES string of the molecule is CCCCCCCCCCNC(=N)NC(=N)N. The average molecular weight is 241 g/mol. The van der Waals surface area contributed by atoms with E-state index in [1.54, 1.807) is 0 Å². The Hall–Kier alpha value is -1.26. The van der Waals surface area contributed by atoms with Crippen molar-refractivity contribution in [2.75, 3.05) is 6.54 Å². The van der Waals surface area contributed by atoms with E-state index in [1.807, 2.05) is 0 Å². The summed E-state index contributed by atoms with van der Waals surface area (Å²) in [6.45, 7) is 3.00. The summed E-state index contributed by atoms with van der Waals surface area (Å²) in [6, 6.07) is 0. The van der Waals surface area contributed by atoms with Crippen molar-refractivity contribution in [2.24, 2.45) is 5.73 Å². The Kier molecular flexibility index (Phi) is 10.4. The predicted octanol–water partition coefficient (Wildman–Crippen LogP) is 2.13. The molecule has 0 aromatic rings. The minimum Gasteiger partial charge on any atom is -0.370 e. The number of hydrogen-bond acceptors (Lipinski definition) is 2. The normalized spacial score (nSPS) is 9.94. The van der Waals surface area contributed by atoms with Crippen LogP contribution in [0.25, 0.3) is 0 Å². The van der Waals surface area contributed by atoms with Crippen LogP contribution in [0.1, 0.15) is 58.3 Å². The molecule has 6 N–H and O–H groups in total. The number of unbranched alkanes of at least 4 members (excludes halogenated alkanes) is 7. The summed E-state index contributed by atoms with van der Waals surface area (Å²) in [6.07, 6.45) is 10.2. The lowest BCUT2D eigenvalue weighted by Gasteiger charge is -2.08. The highest BCUT2D eigenvalue weighted by molar-refractivity contribution is 5.94. The Morgan fingerprint density at radius 3 is 2.00 bits per heavy atom. The van der Waals surface area contributed by atoms with Crippen LogP contribution in [-0.2, 0) is 0 Å². The van der Waals surface area contributed by atoms with Crippen LogP contribution in [-0.4, -0.2) is 18.5 Å². The molecule has 0 saturated heterocycles. The topological polar surface area (TPSA) is 97.8 Å². The zero-order valence-electron chi connectivity index (χ0n) is 10.9. The molecule has 5 nitrogen and oxygen atoms in total. The van der Waals surface area contributed by atoms with Crippen molar-refractivity contribution in [2.45, 2.75) is 58.3 Å². The van der Waals surface area contributed by atoms with Gasteiger partial charge in [-0.25, -0.2) is 0 Å². The number of hydrogen-bond donors (Lipinski definition) is 5. The van der Waals surface area contributed by atoms with Gasteiger partial charge in [0.2, 0.25) is 0 Å². The molecule has 0 aliphatic carbocycles. The van der Waals surface area contributed by atoms with Crippen molar-refractivity contribution in [1.29, 1.82) is 10.8 Å². The highest BCUT2D eigenvalue weighted by Gasteiger charge is 1.95. The number of nitrogens with two attached hydrogens (primary N) is 1. The van der Waals surface area contributed by atoms with Gasteiger partial charge in [-0.05, 0) is 6.42 Å². The van der Waals surface area contributed by atoms with Crippen molar-refractivity contribution in [3.05, 3.63) is 0 Å². The minimum atomic E-state index is -0.196. The standard InChI is InChI=1S/C12H27N5/c1-2-3-4-5-6-7-8-9-10-16-12(15)17-11(13)14/h2-10H2,1H3,(H6,13,14,15,16,17). The Labute approximate surface area is 105 Å². The van der Waals surface area contributed by atoms with Crippen LogP contribution >= 0.6 is 0 Å². The van der Waals surface area contributed by atoms with E-state index < -0.39 is 0 Å². The second kappa shape index (κ2) is 11.2. The van der Waals surface area contributed by atoms with Gasteiger partial charge in [-0.15, -0.1) is 0 Å². The van der Waals surface area contributed by atoms with Gasteiger partial charge in [0.15, 0.2) is 11.9 Å². The molecular formula is C12H27N5. The van der Waals surface area contributed by atoms with Gasteiger partial charge in [0.25, 0.3) is 0 Å². The molecule has 0 aromatic heterocycles. The first-order chi connectivity index (χ1) is 8.16. The summed E-state index contributed by atoms with van der Waals surface area (Å²) >= 11 is 0. The third-order valence-corrected chi connectivity index (χ3v) is 2.59. The van der Waals surface area contributed by atoms with Crippen LogP contribution < -0.4 is 16.4 Å². The van der Waals surface area contributed by atoms with E-state index in [-0.39, 0.29) is 11.9 Å². The first-order valence-corrected chi connectivity index (χ1v) is 6.60. The summed E-state index contributed by atoms with van der Waals surface area (Å²) in [5.41, 5.74) is 5.09. The van der Waals surface area contributed by atoms with Crippen molar-refractivity contribution in [3.63, 3.8) is 0 Å². The molecule has 0 fully saturated rings. The maximum Gasteiger partial charge on any atom is 0.195 e. The van der Waals surface area contributed by atoms with Gasteiger partial charge in [-0.2, -0.15) is 0 Å². The lowest BCUT2D eigenvalue weighted by Crippen LogP contribution is -2.43. The van der Waals surface area contributed by atoms with Crippen molar-refractivity contribution in [3.8, 4) is 0 Å². The molecule has 0 rings (SSSR count). The van der Waals surface area contributed by atoms with E-state index in [9.17, 15) is 0 Å². The molecule has 5 heteroatoms. The molecular weight excluding hydrogens is 214 g/mol. The van der Waals surface area contributed by atoms with Gasteiger partial charge in [0.1, 0.15) is 0 Å². The zero-order valence-corrected chi connectivity index (χ0v) is 10.9. The Morgan fingerprint density at radius 1 is 0.941 bits per heavy atom. The summed E-state index contributed by atoms with van der Waals surface area (Å²) in [4.78, 5) is 0. The van der Waals surface area contributed by atoms with Gasteiger partial charge in [-0.1, -0.05) is 51.9 Å². The molecule has 0 spiro atoms. The van der Waals surface area contributed by atoms with E-state index in [4.69, 9.17) is 16.6 Å². The summed E-state index contributed by atoms with van der Waals surface area (Å²) < 4.78 is 0. The molecule has 0 heterocycles. The number of rotatable bonds is 9. The quantitative estimate of drug-likeness (QED) is 0.243. The molecule has 0 aliphatic heterocycles. The second-order valence-corrected chi connectivity index (χ2v) is 4.32. The largest absolute Gasteiger partial charge is 0.370 e. The van der Waals surface area contributed by atoms with Gasteiger partial charge in [0.05, 0.1) is 0 Å². The highest BCUT2D eigenvalue weighted by atomic mass is 15.2. The van der Waals surface area contributed by atoms with Crippen LogP contribution in [0.3, 0.4) is 0 Å². The second-order valence-electron chi connectivity index (χ2n) is 4.32. The maximum atomic E-state index is 7.37. The average Bonchev–Trinajstić information content (AvgIpc) is 2.26. The molecule has 0 unspecified atom stereocenters. The lowest BCUT2D eigenvalue weighted by molar-refractivity contribution is 0.572. The molecule has 100 valence electrons. The van der Waals surface area contributed by atoms with Gasteiger partial charge < -0.3 is 11.1 Å². The summed E-state index contributed by atoms with van der Waals surface area (Å²) in [5.74, 6) is -0.0844. The van der Waals surface area contributed by atoms with Crippen LogP contribution in [0, 0.1) is 10.8 Å². The lowest BCUT2D eigenvalue weighted by atomic mass is 10.1. The van der Waals surface area contributed by atoms with Gasteiger partial charge in [0, 0.05) is 6.54 Å². The van der Waals surface area contributed by atoms with E-state index in [0.717, 1.165) is 13.0 Å². The summed E-state index contributed by atoms with van der Waals surface area (Å²) in [7, 11) is 0. The number of nitrogens with one attached hydrogen (secondary N) is 4. The monoisotopic (exact) mass is 241 g/mol. The molecule has 0 atom stereocenters. The molecule has 0 amide bonds. The summed E-state index contributed by atoms with van der Waals surface area (Å²) in [5, 5.41) is 19.6. The maximum absolute atomic E-state index is 7.37. The molecule has 0 bridgehead atoms. The van der Waals surface area contributed by atoms with E-state index in [2.05, 4.69) is 17.6 Å². The Balaban J connectivity index is 3.13. The fourth-order valence-corrected chi connectivity index (χ4v) is 1.65. The molecule has 0 aromatic carbocycles. The van der Waals surface area contributed by atoms with E-state index >= 15 is 0 Å². The first kappa shape index (κ1) is 15.7. The molecule has 0 aliphatic rings. The van der Waals surface area contributed by atoms with Crippen LogP contribution in [0.5, 0.6) is 0 Å². The molecule has 17 heavy (non-hydrogen) atoms. The van der Waals surface area contributed by atoms with Gasteiger partial charge >= 0.3 is 0 Å². The fraction of sp³-hybridized carbons (Fsp3) is 0.833. The van der Waals surface area contributed by atoms with Crippen LogP contribution in [0.15, 0.2) is 0 Å². The van der Waals surface area contributed by atoms with Crippen molar-refractivity contribution < 1.29 is 0 Å². The van der Waals surface area contributed by atoms with Crippen molar-refractivity contribution >= 4 is 11.9 Å². The third-order valence-electron chi connectivity index (χ3n) is 2.59. The smallest absolute Gasteiger partial charge is 0.195 e. The Morgan fingerprint density at radius 2 is 1.47 bits per heavy atom. The van der Waals surface area contributed by atoms with Gasteiger partial charge in [-0.3, -0.25) is 16.1 Å². The molecule has 0 saturated carbocycles. The van der Waals surface area contributed by atoms with E-state index in [1.165, 1.54) is 44.9 Å². The predicted molar refractivity (Wildman–Crippen MR) is 73.4 cm³/mol. The minimum absolute atomic E-state index is 0.112. The Bertz CT molecular complexity index is 215. The van der Waals surface area contributed by atoms with Crippen LogP contribution in [0.4, 0.5) is 0 Å². The van der Waals surface area contributed by atoms with E-state index in [0.29, 0.717) is 0 Å². The fourth-order valence-electron chi connectivity index (χ4n) is 1.65. The molecule has 0 radical (unpaired) electrons. The number of guanidine groups is 2.